The Balaban J connectivity index is 1.42. The third kappa shape index (κ3) is 4.20. The Kier molecular flexibility index (Phi) is 5.95. The molecule has 0 aliphatic carbocycles. The van der Waals surface area contributed by atoms with Crippen molar-refractivity contribution in [1.82, 2.24) is 4.98 Å². The maximum atomic E-state index is 9.49. The molecule has 6 aromatic rings. The molecule has 0 fully saturated rings. The first-order valence-electron chi connectivity index (χ1n) is 12.3. The number of nitriles is 1. The van der Waals surface area contributed by atoms with E-state index in [9.17, 15) is 5.26 Å². The van der Waals surface area contributed by atoms with E-state index in [-0.39, 0.29) is 0 Å². The molecule has 0 bridgehead atoms. The normalized spacial score (nSPS) is 10.6. The molecule has 0 aliphatic rings. The number of pyridine rings is 1. The number of aromatic nitrogens is 1. The van der Waals surface area contributed by atoms with Crippen molar-refractivity contribution in [3.05, 3.63) is 144 Å². The van der Waals surface area contributed by atoms with Crippen LogP contribution >= 0.6 is 0 Å². The van der Waals surface area contributed by atoms with E-state index in [2.05, 4.69) is 65.5 Å². The standard InChI is InChI=1S/C35H21N3/c1-37-33-13-7-6-11-31(33)25-16-20-27(21-17-25)35-32-12-5-2-8-28(32)22-34(38-35)26-18-14-24(15-19-26)30-10-4-3-9-29(30)23-36/h2-22H. The van der Waals surface area contributed by atoms with Crippen LogP contribution in [0.5, 0.6) is 0 Å². The molecule has 0 N–H and O–H groups in total. The monoisotopic (exact) mass is 483 g/mol. The van der Waals surface area contributed by atoms with Crippen molar-refractivity contribution in [2.75, 3.05) is 0 Å². The zero-order valence-electron chi connectivity index (χ0n) is 20.5. The second-order valence-corrected chi connectivity index (χ2v) is 9.02. The molecule has 1 heterocycles. The van der Waals surface area contributed by atoms with Gasteiger partial charge in [0.1, 0.15) is 0 Å². The summed E-state index contributed by atoms with van der Waals surface area (Å²) in [4.78, 5) is 8.78. The third-order valence-electron chi connectivity index (χ3n) is 6.77. The van der Waals surface area contributed by atoms with Gasteiger partial charge in [0.25, 0.3) is 0 Å². The van der Waals surface area contributed by atoms with Gasteiger partial charge in [-0.05, 0) is 39.8 Å². The molecule has 0 radical (unpaired) electrons. The highest BCUT2D eigenvalue weighted by Crippen LogP contribution is 2.35. The summed E-state index contributed by atoms with van der Waals surface area (Å²) in [6.45, 7) is 7.49. The van der Waals surface area contributed by atoms with Crippen LogP contribution in [0.4, 0.5) is 5.69 Å². The van der Waals surface area contributed by atoms with Crippen LogP contribution in [0.3, 0.4) is 0 Å². The first-order valence-corrected chi connectivity index (χ1v) is 12.3. The van der Waals surface area contributed by atoms with Crippen molar-refractivity contribution in [1.29, 1.82) is 5.26 Å². The van der Waals surface area contributed by atoms with Gasteiger partial charge in [0.2, 0.25) is 0 Å². The van der Waals surface area contributed by atoms with Crippen LogP contribution in [0.25, 0.3) is 60.4 Å². The van der Waals surface area contributed by atoms with Crippen molar-refractivity contribution < 1.29 is 0 Å². The van der Waals surface area contributed by atoms with Crippen LogP contribution in [-0.4, -0.2) is 4.98 Å². The minimum absolute atomic E-state index is 0.645. The summed E-state index contributed by atoms with van der Waals surface area (Å²) in [7, 11) is 0. The van der Waals surface area contributed by atoms with Gasteiger partial charge in [0.05, 0.1) is 29.6 Å². The minimum atomic E-state index is 0.645. The van der Waals surface area contributed by atoms with Gasteiger partial charge in [-0.3, -0.25) is 0 Å². The molecule has 0 unspecified atom stereocenters. The molecule has 3 heteroatoms. The summed E-state index contributed by atoms with van der Waals surface area (Å²) >= 11 is 0. The molecule has 0 atom stereocenters. The zero-order chi connectivity index (χ0) is 25.9. The van der Waals surface area contributed by atoms with E-state index in [1.165, 1.54) is 0 Å². The topological polar surface area (TPSA) is 41.0 Å². The van der Waals surface area contributed by atoms with Crippen LogP contribution in [0.2, 0.25) is 0 Å². The highest BCUT2D eigenvalue weighted by atomic mass is 14.7. The number of nitrogens with zero attached hydrogens (tertiary/aromatic N) is 3. The fraction of sp³-hybridized carbons (Fsp3) is 0. The predicted octanol–water partition coefficient (Wildman–Crippen LogP) is 9.33. The first kappa shape index (κ1) is 22.9. The molecule has 6 rings (SSSR count). The second-order valence-electron chi connectivity index (χ2n) is 9.02. The van der Waals surface area contributed by atoms with Gasteiger partial charge < -0.3 is 0 Å². The molecule has 3 nitrogen and oxygen atoms in total. The smallest absolute Gasteiger partial charge is 0.194 e. The van der Waals surface area contributed by atoms with Crippen molar-refractivity contribution >= 4 is 16.5 Å². The largest absolute Gasteiger partial charge is 0.247 e. The van der Waals surface area contributed by atoms with E-state index < -0.39 is 0 Å². The van der Waals surface area contributed by atoms with Gasteiger partial charge >= 0.3 is 0 Å². The molecule has 0 aliphatic heterocycles. The molecule has 0 saturated carbocycles. The number of hydrogen-bond acceptors (Lipinski definition) is 2. The Hall–Kier alpha value is -5.51. The van der Waals surface area contributed by atoms with Crippen LogP contribution < -0.4 is 0 Å². The van der Waals surface area contributed by atoms with E-state index in [0.717, 1.165) is 55.5 Å². The Bertz CT molecular complexity index is 1870. The number of para-hydroxylation sites is 1. The third-order valence-corrected chi connectivity index (χ3v) is 6.77. The molecular weight excluding hydrogens is 462 g/mol. The Morgan fingerprint density at radius 2 is 1.18 bits per heavy atom. The van der Waals surface area contributed by atoms with Gasteiger partial charge in [0.15, 0.2) is 5.69 Å². The highest BCUT2D eigenvalue weighted by molar-refractivity contribution is 5.97. The van der Waals surface area contributed by atoms with Crippen molar-refractivity contribution in [2.45, 2.75) is 0 Å². The Morgan fingerprint density at radius 1 is 0.605 bits per heavy atom. The highest BCUT2D eigenvalue weighted by Gasteiger charge is 2.12. The zero-order valence-corrected chi connectivity index (χ0v) is 20.5. The van der Waals surface area contributed by atoms with Gasteiger partial charge in [-0.15, -0.1) is 0 Å². The molecule has 0 spiro atoms. The Labute approximate surface area is 221 Å². The Morgan fingerprint density at radius 3 is 1.92 bits per heavy atom. The van der Waals surface area contributed by atoms with Gasteiger partial charge in [0, 0.05) is 16.5 Å². The molecule has 38 heavy (non-hydrogen) atoms. The molecule has 176 valence electrons. The lowest BCUT2D eigenvalue weighted by Crippen LogP contribution is -1.92. The van der Waals surface area contributed by atoms with E-state index in [4.69, 9.17) is 11.6 Å². The fourth-order valence-electron chi connectivity index (χ4n) is 4.84. The van der Waals surface area contributed by atoms with E-state index in [1.54, 1.807) is 0 Å². The van der Waals surface area contributed by atoms with Crippen molar-refractivity contribution in [2.24, 2.45) is 0 Å². The lowest BCUT2D eigenvalue weighted by Gasteiger charge is -2.12. The van der Waals surface area contributed by atoms with Crippen LogP contribution in [0, 0.1) is 17.9 Å². The summed E-state index contributed by atoms with van der Waals surface area (Å²) in [5.41, 5.74) is 9.01. The van der Waals surface area contributed by atoms with Gasteiger partial charge in [-0.25, -0.2) is 9.83 Å². The summed E-state index contributed by atoms with van der Waals surface area (Å²) < 4.78 is 0. The lowest BCUT2D eigenvalue weighted by atomic mass is 9.96. The fourth-order valence-corrected chi connectivity index (χ4v) is 4.84. The number of hydrogen-bond donors (Lipinski definition) is 0. The van der Waals surface area contributed by atoms with Crippen molar-refractivity contribution in [3.8, 4) is 50.8 Å². The average Bonchev–Trinajstić information content (AvgIpc) is 3.00. The molecule has 1 aromatic heterocycles. The van der Waals surface area contributed by atoms with E-state index >= 15 is 0 Å². The summed E-state index contributed by atoms with van der Waals surface area (Å²) in [5.74, 6) is 0. The number of benzene rings is 5. The molecule has 0 amide bonds. The van der Waals surface area contributed by atoms with Crippen LogP contribution in [0.15, 0.2) is 127 Å². The van der Waals surface area contributed by atoms with E-state index in [0.29, 0.717) is 11.3 Å². The predicted molar refractivity (Wildman–Crippen MR) is 154 cm³/mol. The lowest BCUT2D eigenvalue weighted by molar-refractivity contribution is 1.35. The summed E-state index contributed by atoms with van der Waals surface area (Å²) in [5, 5.41) is 11.7. The van der Waals surface area contributed by atoms with Gasteiger partial charge in [-0.2, -0.15) is 5.26 Å². The molecular formula is C35H21N3. The van der Waals surface area contributed by atoms with Crippen LogP contribution in [-0.2, 0) is 0 Å². The minimum Gasteiger partial charge on any atom is -0.247 e. The quantitative estimate of drug-likeness (QED) is 0.234. The van der Waals surface area contributed by atoms with Crippen LogP contribution in [0.1, 0.15) is 5.56 Å². The van der Waals surface area contributed by atoms with Crippen molar-refractivity contribution in [3.63, 3.8) is 0 Å². The van der Waals surface area contributed by atoms with E-state index in [1.807, 2.05) is 72.8 Å². The number of rotatable bonds is 4. The molecule has 0 saturated heterocycles. The second kappa shape index (κ2) is 9.86. The SMILES string of the molecule is [C-]#[N+]c1ccccc1-c1ccc(-c2nc(-c3ccc(-c4ccccc4C#N)cc3)cc3ccccc23)cc1. The summed E-state index contributed by atoms with van der Waals surface area (Å²) in [6, 6.07) is 44.5. The average molecular weight is 484 g/mol. The first-order chi connectivity index (χ1) is 18.7. The maximum absolute atomic E-state index is 9.49. The van der Waals surface area contributed by atoms with Gasteiger partial charge in [-0.1, -0.05) is 115 Å². The number of fused-ring (bicyclic) bond motifs is 1. The summed E-state index contributed by atoms with van der Waals surface area (Å²) in [6.07, 6.45) is 0. The maximum Gasteiger partial charge on any atom is 0.194 e. The molecule has 5 aromatic carbocycles.